The molecule has 3 amide bonds. The second-order valence-electron chi connectivity index (χ2n) is 7.64. The Morgan fingerprint density at radius 2 is 1.67 bits per heavy atom. The second kappa shape index (κ2) is 9.34. The summed E-state index contributed by atoms with van der Waals surface area (Å²) in [6, 6.07) is 10.6. The van der Waals surface area contributed by atoms with Crippen LogP contribution in [0.3, 0.4) is 0 Å². The fourth-order valence-corrected chi connectivity index (χ4v) is 4.20. The summed E-state index contributed by atoms with van der Waals surface area (Å²) in [5.74, 6) is 0.766. The molecular weight excluding hydrogens is 402 g/mol. The number of halogens is 1. The normalized spacial score (nSPS) is 17.0. The summed E-state index contributed by atoms with van der Waals surface area (Å²) in [7, 11) is 0. The zero-order valence-corrected chi connectivity index (χ0v) is 17.6. The highest BCUT2D eigenvalue weighted by molar-refractivity contribution is 6.30. The number of aromatic nitrogens is 1. The van der Waals surface area contributed by atoms with Gasteiger partial charge in [-0.25, -0.2) is 9.78 Å². The molecule has 0 atom stereocenters. The topological polar surface area (TPSA) is 68.8 Å². The first kappa shape index (κ1) is 20.5. The molecule has 2 aliphatic heterocycles. The fraction of sp³-hybridized carbons (Fsp3) is 0.409. The minimum Gasteiger partial charge on any atom is -0.356 e. The van der Waals surface area contributed by atoms with E-state index >= 15 is 0 Å². The minimum atomic E-state index is -0.175. The van der Waals surface area contributed by atoms with Crippen molar-refractivity contribution in [3.63, 3.8) is 0 Å². The van der Waals surface area contributed by atoms with E-state index in [0.29, 0.717) is 42.5 Å². The van der Waals surface area contributed by atoms with Crippen molar-refractivity contribution in [2.45, 2.75) is 19.3 Å². The predicted octanol–water partition coefficient (Wildman–Crippen LogP) is 3.72. The Bertz CT molecular complexity index is 916. The van der Waals surface area contributed by atoms with Gasteiger partial charge in [-0.2, -0.15) is 0 Å². The number of urea groups is 1. The van der Waals surface area contributed by atoms with Crippen molar-refractivity contribution in [1.82, 2.24) is 14.8 Å². The van der Waals surface area contributed by atoms with Crippen LogP contribution in [0.25, 0.3) is 0 Å². The van der Waals surface area contributed by atoms with Gasteiger partial charge in [0.15, 0.2) is 0 Å². The summed E-state index contributed by atoms with van der Waals surface area (Å²) in [6.45, 7) is 4.08. The van der Waals surface area contributed by atoms with Gasteiger partial charge in [-0.05, 0) is 49.6 Å². The van der Waals surface area contributed by atoms with Crippen LogP contribution in [-0.2, 0) is 0 Å². The second-order valence-corrected chi connectivity index (χ2v) is 8.08. The molecule has 4 rings (SSSR count). The van der Waals surface area contributed by atoms with Gasteiger partial charge in [0.25, 0.3) is 5.91 Å². The highest BCUT2D eigenvalue weighted by atomic mass is 35.5. The summed E-state index contributed by atoms with van der Waals surface area (Å²) >= 11 is 5.99. The lowest BCUT2D eigenvalue weighted by molar-refractivity contribution is 0.0763. The quantitative estimate of drug-likeness (QED) is 0.810. The molecule has 3 heterocycles. The molecule has 0 spiro atoms. The van der Waals surface area contributed by atoms with Crippen molar-refractivity contribution < 1.29 is 9.59 Å². The molecule has 1 aromatic carbocycles. The lowest BCUT2D eigenvalue weighted by Crippen LogP contribution is -2.39. The molecule has 158 valence electrons. The van der Waals surface area contributed by atoms with Gasteiger partial charge in [0, 0.05) is 56.2 Å². The molecule has 0 radical (unpaired) electrons. The zero-order valence-electron chi connectivity index (χ0n) is 16.9. The Balaban J connectivity index is 1.41. The number of rotatable bonds is 3. The van der Waals surface area contributed by atoms with Gasteiger partial charge in [-0.3, -0.25) is 4.79 Å². The Morgan fingerprint density at radius 3 is 2.47 bits per heavy atom. The predicted molar refractivity (Wildman–Crippen MR) is 118 cm³/mol. The third-order valence-electron chi connectivity index (χ3n) is 5.57. The molecule has 0 aliphatic carbocycles. The van der Waals surface area contributed by atoms with Crippen molar-refractivity contribution in [2.75, 3.05) is 49.5 Å². The summed E-state index contributed by atoms with van der Waals surface area (Å²) in [5.41, 5.74) is 1.31. The lowest BCUT2D eigenvalue weighted by Gasteiger charge is -2.25. The van der Waals surface area contributed by atoms with Crippen molar-refractivity contribution >= 4 is 35.0 Å². The third-order valence-corrected chi connectivity index (χ3v) is 5.80. The van der Waals surface area contributed by atoms with E-state index in [-0.39, 0.29) is 11.9 Å². The van der Waals surface area contributed by atoms with Crippen LogP contribution in [0.15, 0.2) is 42.6 Å². The average Bonchev–Trinajstić information content (AvgIpc) is 3.17. The highest BCUT2D eigenvalue weighted by Gasteiger charge is 2.27. The third kappa shape index (κ3) is 4.67. The van der Waals surface area contributed by atoms with Gasteiger partial charge < -0.3 is 20.0 Å². The van der Waals surface area contributed by atoms with E-state index in [2.05, 4.69) is 15.2 Å². The smallest absolute Gasteiger partial charge is 0.321 e. The maximum Gasteiger partial charge on any atom is 0.321 e. The molecular formula is C22H26ClN5O2. The Kier molecular flexibility index (Phi) is 6.38. The number of nitrogens with zero attached hydrogens (tertiary/aromatic N) is 4. The SMILES string of the molecule is O=C(Nc1cccc(Cl)c1)N1CCCN(C(=O)c2cccnc2N2CCCC2)CC1. The molecule has 2 fully saturated rings. The van der Waals surface area contributed by atoms with Crippen LogP contribution >= 0.6 is 11.6 Å². The lowest BCUT2D eigenvalue weighted by atomic mass is 10.2. The van der Waals surface area contributed by atoms with Crippen LogP contribution in [0.1, 0.15) is 29.6 Å². The van der Waals surface area contributed by atoms with E-state index in [1.54, 1.807) is 35.4 Å². The van der Waals surface area contributed by atoms with E-state index < -0.39 is 0 Å². The van der Waals surface area contributed by atoms with Gasteiger partial charge >= 0.3 is 6.03 Å². The first-order valence-electron chi connectivity index (χ1n) is 10.4. The maximum absolute atomic E-state index is 13.3. The maximum atomic E-state index is 13.3. The summed E-state index contributed by atoms with van der Waals surface area (Å²) in [4.78, 5) is 36.2. The number of amides is 3. The molecule has 0 saturated carbocycles. The van der Waals surface area contributed by atoms with Crippen molar-refractivity contribution in [3.8, 4) is 0 Å². The average molecular weight is 428 g/mol. The Morgan fingerprint density at radius 1 is 0.900 bits per heavy atom. The molecule has 0 bridgehead atoms. The van der Waals surface area contributed by atoms with Gasteiger partial charge in [0.05, 0.1) is 5.56 Å². The van der Waals surface area contributed by atoms with Crippen molar-refractivity contribution in [3.05, 3.63) is 53.2 Å². The monoisotopic (exact) mass is 427 g/mol. The van der Waals surface area contributed by atoms with E-state index in [9.17, 15) is 9.59 Å². The molecule has 7 nitrogen and oxygen atoms in total. The van der Waals surface area contributed by atoms with Crippen LogP contribution in [0, 0.1) is 0 Å². The van der Waals surface area contributed by atoms with Gasteiger partial charge in [0.2, 0.25) is 0 Å². The molecule has 1 N–H and O–H groups in total. The van der Waals surface area contributed by atoms with Crippen LogP contribution in [0.5, 0.6) is 0 Å². The minimum absolute atomic E-state index is 0.0119. The van der Waals surface area contributed by atoms with Crippen molar-refractivity contribution in [2.24, 2.45) is 0 Å². The number of hydrogen-bond acceptors (Lipinski definition) is 4. The van der Waals surface area contributed by atoms with Gasteiger partial charge in [-0.1, -0.05) is 17.7 Å². The van der Waals surface area contributed by atoms with Crippen LogP contribution in [0.4, 0.5) is 16.3 Å². The number of carbonyl (C=O) groups excluding carboxylic acids is 2. The largest absolute Gasteiger partial charge is 0.356 e. The number of pyridine rings is 1. The standard InChI is InChI=1S/C22H26ClN5O2/c23-17-6-3-7-18(16-17)25-22(30)28-13-5-12-27(14-15-28)21(29)19-8-4-9-24-20(19)26-10-1-2-11-26/h3-4,6-9,16H,1-2,5,10-15H2,(H,25,30). The van der Waals surface area contributed by atoms with Gasteiger partial charge in [0.1, 0.15) is 5.82 Å². The fourth-order valence-electron chi connectivity index (χ4n) is 4.01. The molecule has 0 unspecified atom stereocenters. The summed E-state index contributed by atoms with van der Waals surface area (Å²) in [6.07, 6.45) is 4.73. The van der Waals surface area contributed by atoms with Gasteiger partial charge in [-0.15, -0.1) is 0 Å². The molecule has 8 heteroatoms. The molecule has 2 saturated heterocycles. The number of hydrogen-bond donors (Lipinski definition) is 1. The highest BCUT2D eigenvalue weighted by Crippen LogP contribution is 2.24. The Hall–Kier alpha value is -2.80. The van der Waals surface area contributed by atoms with Crippen LogP contribution < -0.4 is 10.2 Å². The van der Waals surface area contributed by atoms with E-state index in [1.807, 2.05) is 17.0 Å². The molecule has 2 aliphatic rings. The van der Waals surface area contributed by atoms with E-state index in [4.69, 9.17) is 11.6 Å². The number of carbonyl (C=O) groups is 2. The van der Waals surface area contributed by atoms with Crippen molar-refractivity contribution in [1.29, 1.82) is 0 Å². The number of anilines is 2. The summed E-state index contributed by atoms with van der Waals surface area (Å²) in [5, 5.41) is 3.46. The summed E-state index contributed by atoms with van der Waals surface area (Å²) < 4.78 is 0. The van der Waals surface area contributed by atoms with E-state index in [1.165, 1.54) is 0 Å². The first-order valence-corrected chi connectivity index (χ1v) is 10.8. The van der Waals surface area contributed by atoms with E-state index in [0.717, 1.165) is 38.2 Å². The molecule has 30 heavy (non-hydrogen) atoms. The molecule has 1 aromatic heterocycles. The Labute approximate surface area is 181 Å². The number of benzene rings is 1. The molecule has 2 aromatic rings. The number of nitrogens with one attached hydrogen (secondary N) is 1. The first-order chi connectivity index (χ1) is 14.6. The van der Waals surface area contributed by atoms with Crippen LogP contribution in [-0.4, -0.2) is 66.0 Å². The van der Waals surface area contributed by atoms with Crippen LogP contribution in [0.2, 0.25) is 5.02 Å². The zero-order chi connectivity index (χ0) is 20.9.